The largest absolute Gasteiger partial charge is 0.342 e. The molecule has 1 aliphatic heterocycles. The topological polar surface area (TPSA) is 84.7 Å². The van der Waals surface area contributed by atoms with E-state index in [1.54, 1.807) is 18.6 Å². The lowest BCUT2D eigenvalue weighted by Gasteiger charge is -2.10. The van der Waals surface area contributed by atoms with E-state index in [4.69, 9.17) is 0 Å². The molecular weight excluding hydrogens is 364 g/mol. The molecule has 0 atom stereocenters. The first-order valence-electron chi connectivity index (χ1n) is 9.62. The molecule has 0 fully saturated rings. The summed E-state index contributed by atoms with van der Waals surface area (Å²) in [6.07, 6.45) is 5.26. The Morgan fingerprint density at radius 1 is 1.17 bits per heavy atom. The summed E-state index contributed by atoms with van der Waals surface area (Å²) in [5.74, 6) is 0.576. The van der Waals surface area contributed by atoms with Crippen molar-refractivity contribution in [2.24, 2.45) is 0 Å². The Labute approximate surface area is 169 Å². The van der Waals surface area contributed by atoms with E-state index in [-0.39, 0.29) is 11.9 Å². The van der Waals surface area contributed by atoms with Gasteiger partial charge in [-0.3, -0.25) is 19.4 Å². The highest BCUT2D eigenvalue weighted by Crippen LogP contribution is 2.36. The highest BCUT2D eigenvalue weighted by Gasteiger charge is 2.28. The summed E-state index contributed by atoms with van der Waals surface area (Å²) in [6, 6.07) is 6.14. The second-order valence-corrected chi connectivity index (χ2v) is 7.59. The maximum absolute atomic E-state index is 12.7. The minimum atomic E-state index is -0.146. The van der Waals surface area contributed by atoms with Crippen molar-refractivity contribution in [2.75, 3.05) is 10.6 Å². The zero-order valence-electron chi connectivity index (χ0n) is 17.2. The van der Waals surface area contributed by atoms with Gasteiger partial charge in [-0.15, -0.1) is 0 Å². The molecule has 0 spiro atoms. The van der Waals surface area contributed by atoms with Crippen LogP contribution in [0.2, 0.25) is 0 Å². The molecule has 2 N–H and O–H groups in total. The molecule has 148 valence electrons. The molecule has 0 saturated heterocycles. The molecule has 0 saturated carbocycles. The summed E-state index contributed by atoms with van der Waals surface area (Å²) in [5, 5.41) is 10.8. The molecule has 1 amide bonds. The van der Waals surface area contributed by atoms with Crippen molar-refractivity contribution in [2.45, 2.75) is 40.7 Å². The van der Waals surface area contributed by atoms with Gasteiger partial charge in [-0.05, 0) is 52.3 Å². The van der Waals surface area contributed by atoms with Gasteiger partial charge in [0.15, 0.2) is 5.82 Å². The second kappa shape index (κ2) is 7.16. The third kappa shape index (κ3) is 3.40. The first kappa shape index (κ1) is 18.9. The van der Waals surface area contributed by atoms with Crippen molar-refractivity contribution >= 4 is 23.0 Å². The van der Waals surface area contributed by atoms with Crippen LogP contribution in [0.1, 0.15) is 43.6 Å². The van der Waals surface area contributed by atoms with Crippen molar-refractivity contribution in [1.29, 1.82) is 0 Å². The van der Waals surface area contributed by atoms with E-state index in [9.17, 15) is 4.79 Å². The second-order valence-electron chi connectivity index (χ2n) is 7.59. The average molecular weight is 388 g/mol. The molecule has 0 aliphatic carbocycles. The van der Waals surface area contributed by atoms with Crippen LogP contribution < -0.4 is 10.6 Å². The van der Waals surface area contributed by atoms with Gasteiger partial charge in [0.25, 0.3) is 5.91 Å². The molecule has 4 heterocycles. The monoisotopic (exact) mass is 388 g/mol. The van der Waals surface area contributed by atoms with E-state index < -0.39 is 0 Å². The summed E-state index contributed by atoms with van der Waals surface area (Å²) in [6.45, 7) is 10.1. The normalized spacial score (nSPS) is 14.8. The number of nitrogens with one attached hydrogen (secondary N) is 2. The number of allylic oxidation sites excluding steroid dienone is 1. The minimum Gasteiger partial charge on any atom is -0.342 e. The SMILES string of the molecule is C/C(Nc1cc(C)n(C(C)C)n1)=C1/C(=O)Nc2cnc(-c3cnccc3C)cc21. The fourth-order valence-electron chi connectivity index (χ4n) is 3.65. The Morgan fingerprint density at radius 2 is 1.97 bits per heavy atom. The van der Waals surface area contributed by atoms with E-state index in [0.29, 0.717) is 11.3 Å². The first-order valence-corrected chi connectivity index (χ1v) is 9.62. The first-order chi connectivity index (χ1) is 13.8. The Bertz CT molecular complexity index is 1140. The number of hydrogen-bond donors (Lipinski definition) is 2. The molecule has 4 rings (SSSR count). The maximum atomic E-state index is 12.7. The molecular formula is C22H24N6O. The van der Waals surface area contributed by atoms with Gasteiger partial charge in [-0.25, -0.2) is 0 Å². The number of hydrogen-bond acceptors (Lipinski definition) is 5. The summed E-state index contributed by atoms with van der Waals surface area (Å²) >= 11 is 0. The summed E-state index contributed by atoms with van der Waals surface area (Å²) in [7, 11) is 0. The van der Waals surface area contributed by atoms with Gasteiger partial charge in [0.1, 0.15) is 0 Å². The van der Waals surface area contributed by atoms with Crippen molar-refractivity contribution in [3.8, 4) is 11.3 Å². The lowest BCUT2D eigenvalue weighted by Crippen LogP contribution is -2.09. The number of pyridine rings is 2. The smallest absolute Gasteiger partial charge is 0.258 e. The Balaban J connectivity index is 1.74. The van der Waals surface area contributed by atoms with Gasteiger partial charge in [-0.1, -0.05) is 0 Å². The molecule has 29 heavy (non-hydrogen) atoms. The zero-order chi connectivity index (χ0) is 20.7. The minimum absolute atomic E-state index is 0.146. The standard InChI is InChI=1S/C22H24N6O/c1-12(2)28-14(4)8-20(27-28)25-15(5)21-16-9-18(17-10-23-7-6-13(17)3)24-11-19(16)26-22(21)29/h6-12H,1-5H3,(H,25,27)(H,26,29)/b21-15-. The number of nitrogens with zero attached hydrogens (tertiary/aromatic N) is 4. The molecule has 0 bridgehead atoms. The van der Waals surface area contributed by atoms with Gasteiger partial charge in [0.2, 0.25) is 0 Å². The van der Waals surface area contributed by atoms with Crippen LogP contribution in [0.3, 0.4) is 0 Å². The van der Waals surface area contributed by atoms with Crippen LogP contribution in [-0.2, 0) is 4.79 Å². The van der Waals surface area contributed by atoms with Crippen LogP contribution in [0.4, 0.5) is 11.5 Å². The summed E-state index contributed by atoms with van der Waals surface area (Å²) in [5.41, 5.74) is 6.77. The third-order valence-corrected chi connectivity index (χ3v) is 5.07. The predicted octanol–water partition coefficient (Wildman–Crippen LogP) is 4.33. The van der Waals surface area contributed by atoms with E-state index in [1.807, 2.05) is 43.7 Å². The average Bonchev–Trinajstić information content (AvgIpc) is 3.20. The van der Waals surface area contributed by atoms with Gasteiger partial charge in [0.05, 0.1) is 23.2 Å². The zero-order valence-corrected chi connectivity index (χ0v) is 17.2. The van der Waals surface area contributed by atoms with Crippen LogP contribution in [-0.4, -0.2) is 25.7 Å². The number of aromatic nitrogens is 4. The molecule has 3 aromatic rings. The highest BCUT2D eigenvalue weighted by atomic mass is 16.2. The number of amides is 1. The lowest BCUT2D eigenvalue weighted by atomic mass is 10.0. The summed E-state index contributed by atoms with van der Waals surface area (Å²) < 4.78 is 1.95. The van der Waals surface area contributed by atoms with Gasteiger partial charge in [-0.2, -0.15) is 5.10 Å². The predicted molar refractivity (Wildman–Crippen MR) is 114 cm³/mol. The van der Waals surface area contributed by atoms with Crippen molar-refractivity contribution in [3.63, 3.8) is 0 Å². The van der Waals surface area contributed by atoms with E-state index in [1.165, 1.54) is 0 Å². The number of aryl methyl sites for hydroxylation is 2. The molecule has 0 aromatic carbocycles. The van der Waals surface area contributed by atoms with Gasteiger partial charge < -0.3 is 10.6 Å². The van der Waals surface area contributed by atoms with E-state index in [2.05, 4.69) is 39.5 Å². The lowest BCUT2D eigenvalue weighted by molar-refractivity contribution is -0.110. The fraction of sp³-hybridized carbons (Fsp3) is 0.273. The van der Waals surface area contributed by atoms with Crippen molar-refractivity contribution in [3.05, 3.63) is 59.3 Å². The van der Waals surface area contributed by atoms with Crippen LogP contribution in [0, 0.1) is 13.8 Å². The van der Waals surface area contributed by atoms with Gasteiger partial charge in [0, 0.05) is 47.0 Å². The molecule has 3 aromatic heterocycles. The van der Waals surface area contributed by atoms with Gasteiger partial charge >= 0.3 is 0 Å². The van der Waals surface area contributed by atoms with Crippen LogP contribution in [0.15, 0.2) is 42.5 Å². The Hall–Kier alpha value is -3.48. The van der Waals surface area contributed by atoms with Crippen LogP contribution >= 0.6 is 0 Å². The Morgan fingerprint density at radius 3 is 2.66 bits per heavy atom. The van der Waals surface area contributed by atoms with Crippen LogP contribution in [0.5, 0.6) is 0 Å². The maximum Gasteiger partial charge on any atom is 0.258 e. The number of rotatable bonds is 4. The molecule has 7 heteroatoms. The van der Waals surface area contributed by atoms with Crippen molar-refractivity contribution in [1.82, 2.24) is 19.7 Å². The molecule has 1 aliphatic rings. The number of carbonyl (C=O) groups is 1. The number of fused-ring (bicyclic) bond motifs is 1. The third-order valence-electron chi connectivity index (χ3n) is 5.07. The van der Waals surface area contributed by atoms with E-state index >= 15 is 0 Å². The number of anilines is 2. The highest BCUT2D eigenvalue weighted by molar-refractivity contribution is 6.32. The van der Waals surface area contributed by atoms with Crippen LogP contribution in [0.25, 0.3) is 16.8 Å². The number of carbonyl (C=O) groups excluding carboxylic acids is 1. The van der Waals surface area contributed by atoms with Crippen molar-refractivity contribution < 1.29 is 4.79 Å². The molecule has 0 radical (unpaired) electrons. The molecule has 7 nitrogen and oxygen atoms in total. The molecule has 0 unspecified atom stereocenters. The van der Waals surface area contributed by atoms with E-state index in [0.717, 1.165) is 39.6 Å². The quantitative estimate of drug-likeness (QED) is 0.650. The Kier molecular flexibility index (Phi) is 4.66. The summed E-state index contributed by atoms with van der Waals surface area (Å²) in [4.78, 5) is 21.4. The fourth-order valence-corrected chi connectivity index (χ4v) is 3.65.